The summed E-state index contributed by atoms with van der Waals surface area (Å²) < 4.78 is 12.8. The zero-order valence-electron chi connectivity index (χ0n) is 9.42. The Morgan fingerprint density at radius 2 is 2.25 bits per heavy atom. The van der Waals surface area contributed by atoms with Gasteiger partial charge in [0.05, 0.1) is 11.8 Å². The molecule has 0 aliphatic heterocycles. The van der Waals surface area contributed by atoms with Crippen molar-refractivity contribution in [1.82, 2.24) is 0 Å². The van der Waals surface area contributed by atoms with Crippen LogP contribution in [-0.2, 0) is 0 Å². The lowest BCUT2D eigenvalue weighted by Gasteiger charge is -2.24. The molecule has 0 aromatic heterocycles. The first kappa shape index (κ1) is 12.3. The molecular weight excluding hydrogens is 207 g/mol. The molecule has 3 nitrogen and oxygen atoms in total. The first-order chi connectivity index (χ1) is 7.50. The Bertz CT molecular complexity index is 414. The summed E-state index contributed by atoms with van der Waals surface area (Å²) in [4.78, 5) is 0. The summed E-state index contributed by atoms with van der Waals surface area (Å²) in [6, 6.07) is 5.84. The summed E-state index contributed by atoms with van der Waals surface area (Å²) in [5, 5.41) is 21.5. The van der Waals surface area contributed by atoms with Crippen LogP contribution in [-0.4, -0.2) is 10.6 Å². The fourth-order valence-corrected chi connectivity index (χ4v) is 1.55. The van der Waals surface area contributed by atoms with Crippen LogP contribution in [0, 0.1) is 17.1 Å². The van der Waals surface area contributed by atoms with Crippen molar-refractivity contribution in [2.24, 2.45) is 0 Å². The molecule has 1 unspecified atom stereocenters. The third-order valence-corrected chi connectivity index (χ3v) is 2.37. The second kappa shape index (κ2) is 4.84. The molecule has 1 atom stereocenters. The third-order valence-electron chi connectivity index (χ3n) is 2.37. The number of hydrogen-bond acceptors (Lipinski definition) is 3. The van der Waals surface area contributed by atoms with Gasteiger partial charge < -0.3 is 10.4 Å². The van der Waals surface area contributed by atoms with Crippen molar-refractivity contribution in [1.29, 1.82) is 5.26 Å². The van der Waals surface area contributed by atoms with Gasteiger partial charge in [0.1, 0.15) is 17.1 Å². The average Bonchev–Trinajstić information content (AvgIpc) is 2.23. The molecule has 0 radical (unpaired) electrons. The maximum Gasteiger partial charge on any atom is 0.141 e. The number of anilines is 1. The van der Waals surface area contributed by atoms with Crippen molar-refractivity contribution < 1.29 is 9.50 Å². The van der Waals surface area contributed by atoms with E-state index < -0.39 is 11.4 Å². The van der Waals surface area contributed by atoms with Crippen molar-refractivity contribution in [3.05, 3.63) is 24.0 Å². The Balaban J connectivity index is 2.91. The van der Waals surface area contributed by atoms with E-state index in [1.807, 2.05) is 6.92 Å². The van der Waals surface area contributed by atoms with Gasteiger partial charge in [0.2, 0.25) is 0 Å². The SMILES string of the molecule is CCCC(C)(C#N)Nc1ccc(F)cc1O. The standard InChI is InChI=1S/C12H15FN2O/c1-3-6-12(2,8-14)15-10-5-4-9(13)7-11(10)16/h4-5,7,15-16H,3,6H2,1-2H3. The van der Waals surface area contributed by atoms with E-state index in [-0.39, 0.29) is 5.75 Å². The molecule has 0 amide bonds. The van der Waals surface area contributed by atoms with E-state index in [1.54, 1.807) is 6.92 Å². The molecule has 1 aromatic carbocycles. The van der Waals surface area contributed by atoms with E-state index in [1.165, 1.54) is 12.1 Å². The van der Waals surface area contributed by atoms with Crippen molar-refractivity contribution >= 4 is 5.69 Å². The summed E-state index contributed by atoms with van der Waals surface area (Å²) in [5.41, 5.74) is -0.372. The van der Waals surface area contributed by atoms with Gasteiger partial charge in [0.25, 0.3) is 0 Å². The smallest absolute Gasteiger partial charge is 0.141 e. The second-order valence-electron chi connectivity index (χ2n) is 3.98. The number of phenolic OH excluding ortho intramolecular Hbond substituents is 1. The van der Waals surface area contributed by atoms with Crippen LogP contribution < -0.4 is 5.32 Å². The van der Waals surface area contributed by atoms with E-state index in [0.717, 1.165) is 12.5 Å². The Morgan fingerprint density at radius 1 is 1.56 bits per heavy atom. The van der Waals surface area contributed by atoms with Gasteiger partial charge in [-0.3, -0.25) is 0 Å². The lowest BCUT2D eigenvalue weighted by atomic mass is 9.97. The molecule has 0 saturated carbocycles. The number of halogens is 1. The van der Waals surface area contributed by atoms with Crippen molar-refractivity contribution in [3.63, 3.8) is 0 Å². The van der Waals surface area contributed by atoms with Gasteiger partial charge in [0, 0.05) is 6.07 Å². The largest absolute Gasteiger partial charge is 0.506 e. The number of hydrogen-bond donors (Lipinski definition) is 2. The molecule has 2 N–H and O–H groups in total. The summed E-state index contributed by atoms with van der Waals surface area (Å²) in [7, 11) is 0. The van der Waals surface area contributed by atoms with E-state index >= 15 is 0 Å². The van der Waals surface area contributed by atoms with Crippen molar-refractivity contribution in [2.75, 3.05) is 5.32 Å². The molecule has 1 aromatic rings. The molecule has 4 heteroatoms. The number of nitriles is 1. The molecule has 0 spiro atoms. The molecule has 0 saturated heterocycles. The molecule has 0 aliphatic rings. The Labute approximate surface area is 94.5 Å². The molecule has 86 valence electrons. The highest BCUT2D eigenvalue weighted by Gasteiger charge is 2.23. The van der Waals surface area contributed by atoms with Crippen LogP contribution >= 0.6 is 0 Å². The van der Waals surface area contributed by atoms with E-state index in [4.69, 9.17) is 5.26 Å². The number of nitrogens with zero attached hydrogens (tertiary/aromatic N) is 1. The minimum atomic E-state index is -0.746. The molecule has 0 bridgehead atoms. The number of rotatable bonds is 4. The summed E-state index contributed by atoms with van der Waals surface area (Å²) in [5.74, 6) is -0.685. The molecule has 0 aliphatic carbocycles. The summed E-state index contributed by atoms with van der Waals surface area (Å²) in [6.07, 6.45) is 1.50. The van der Waals surface area contributed by atoms with E-state index in [2.05, 4.69) is 11.4 Å². The first-order valence-corrected chi connectivity index (χ1v) is 5.18. The molecule has 1 rings (SSSR count). The number of benzene rings is 1. The highest BCUT2D eigenvalue weighted by molar-refractivity contribution is 5.58. The van der Waals surface area contributed by atoms with Gasteiger partial charge in [-0.2, -0.15) is 5.26 Å². The van der Waals surface area contributed by atoms with Crippen LogP contribution in [0.25, 0.3) is 0 Å². The minimum absolute atomic E-state index is 0.183. The van der Waals surface area contributed by atoms with E-state index in [9.17, 15) is 9.50 Å². The second-order valence-corrected chi connectivity index (χ2v) is 3.98. The topological polar surface area (TPSA) is 56.0 Å². The monoisotopic (exact) mass is 222 g/mol. The summed E-state index contributed by atoms with van der Waals surface area (Å²) >= 11 is 0. The van der Waals surface area contributed by atoms with Crippen LogP contribution in [0.4, 0.5) is 10.1 Å². The number of nitrogens with one attached hydrogen (secondary N) is 1. The predicted molar refractivity (Wildman–Crippen MR) is 60.6 cm³/mol. The van der Waals surface area contributed by atoms with Crippen LogP contribution in [0.15, 0.2) is 18.2 Å². The van der Waals surface area contributed by atoms with Gasteiger partial charge in [-0.15, -0.1) is 0 Å². The predicted octanol–water partition coefficient (Wildman–Crippen LogP) is 3.03. The van der Waals surface area contributed by atoms with Gasteiger partial charge in [-0.1, -0.05) is 13.3 Å². The Hall–Kier alpha value is -1.76. The molecule has 16 heavy (non-hydrogen) atoms. The molecule has 0 heterocycles. The van der Waals surface area contributed by atoms with E-state index in [0.29, 0.717) is 12.1 Å². The minimum Gasteiger partial charge on any atom is -0.506 e. The van der Waals surface area contributed by atoms with Gasteiger partial charge in [0.15, 0.2) is 0 Å². The molecular formula is C12H15FN2O. The van der Waals surface area contributed by atoms with Gasteiger partial charge in [-0.05, 0) is 25.5 Å². The average molecular weight is 222 g/mol. The van der Waals surface area contributed by atoms with Crippen LogP contribution in [0.5, 0.6) is 5.75 Å². The fraction of sp³-hybridized carbons (Fsp3) is 0.417. The zero-order chi connectivity index (χ0) is 12.2. The zero-order valence-corrected chi connectivity index (χ0v) is 9.42. The Morgan fingerprint density at radius 3 is 2.75 bits per heavy atom. The maximum absolute atomic E-state index is 12.8. The maximum atomic E-state index is 12.8. The lowest BCUT2D eigenvalue weighted by molar-refractivity contribution is 0.467. The van der Waals surface area contributed by atoms with Crippen molar-refractivity contribution in [2.45, 2.75) is 32.2 Å². The van der Waals surface area contributed by atoms with Gasteiger partial charge in [-0.25, -0.2) is 4.39 Å². The van der Waals surface area contributed by atoms with Crippen LogP contribution in [0.1, 0.15) is 26.7 Å². The molecule has 0 fully saturated rings. The van der Waals surface area contributed by atoms with Crippen molar-refractivity contribution in [3.8, 4) is 11.8 Å². The quantitative estimate of drug-likeness (QED) is 0.770. The number of aromatic hydroxyl groups is 1. The fourth-order valence-electron chi connectivity index (χ4n) is 1.55. The summed E-state index contributed by atoms with van der Waals surface area (Å²) in [6.45, 7) is 3.72. The third kappa shape index (κ3) is 2.86. The van der Waals surface area contributed by atoms with Crippen LogP contribution in [0.2, 0.25) is 0 Å². The Kier molecular flexibility index (Phi) is 3.73. The van der Waals surface area contributed by atoms with Crippen LogP contribution in [0.3, 0.4) is 0 Å². The lowest BCUT2D eigenvalue weighted by Crippen LogP contribution is -2.32. The highest BCUT2D eigenvalue weighted by Crippen LogP contribution is 2.28. The highest BCUT2D eigenvalue weighted by atomic mass is 19.1. The first-order valence-electron chi connectivity index (χ1n) is 5.18. The normalized spacial score (nSPS) is 13.9. The number of phenols is 1. The van der Waals surface area contributed by atoms with Gasteiger partial charge >= 0.3 is 0 Å².